The molecule has 2 N–H and O–H groups in total. The fourth-order valence-electron chi connectivity index (χ4n) is 3.88. The number of nitrogens with one attached hydrogen (secondary N) is 2. The van der Waals surface area contributed by atoms with Crippen molar-refractivity contribution in [2.75, 3.05) is 0 Å². The van der Waals surface area contributed by atoms with Crippen molar-refractivity contribution in [1.29, 1.82) is 0 Å². The van der Waals surface area contributed by atoms with Gasteiger partial charge in [-0.05, 0) is 44.2 Å². The molecule has 2 heterocycles. The van der Waals surface area contributed by atoms with Gasteiger partial charge in [-0.15, -0.1) is 0 Å². The van der Waals surface area contributed by atoms with Gasteiger partial charge in [-0.1, -0.05) is 54.6 Å². The first-order valence-electron chi connectivity index (χ1n) is 10.9. The van der Waals surface area contributed by atoms with Crippen LogP contribution in [0.2, 0.25) is 0 Å². The molecule has 0 spiro atoms. The highest BCUT2D eigenvalue weighted by Gasteiger charge is 2.11. The molecule has 0 bridgehead atoms. The standard InChI is InChI=1S/C28H22N4O2/c1-17(33)19-6-3-8-21(12-19)25-15-27(31-29-25)23-10-5-11-24(14-23)28-16-26(30-32-28)22-9-4-7-20(13-22)18(2)34/h3-16H,1-2H3,(H,29,31)(H,30,32). The highest BCUT2D eigenvalue weighted by atomic mass is 16.1. The normalized spacial score (nSPS) is 10.9. The van der Waals surface area contributed by atoms with Gasteiger partial charge in [-0.3, -0.25) is 19.8 Å². The van der Waals surface area contributed by atoms with Crippen molar-refractivity contribution < 1.29 is 9.59 Å². The molecular formula is C28H22N4O2. The van der Waals surface area contributed by atoms with Gasteiger partial charge in [-0.2, -0.15) is 10.2 Å². The van der Waals surface area contributed by atoms with Crippen LogP contribution in [0.1, 0.15) is 34.6 Å². The van der Waals surface area contributed by atoms with E-state index in [9.17, 15) is 9.59 Å². The number of aromatic nitrogens is 4. The lowest BCUT2D eigenvalue weighted by molar-refractivity contribution is 0.100. The minimum Gasteiger partial charge on any atom is -0.295 e. The van der Waals surface area contributed by atoms with E-state index in [0.29, 0.717) is 11.1 Å². The second-order valence-corrected chi connectivity index (χ2v) is 8.19. The van der Waals surface area contributed by atoms with E-state index in [0.717, 1.165) is 45.0 Å². The van der Waals surface area contributed by atoms with Crippen molar-refractivity contribution in [2.45, 2.75) is 13.8 Å². The zero-order valence-electron chi connectivity index (χ0n) is 18.8. The van der Waals surface area contributed by atoms with Crippen LogP contribution < -0.4 is 0 Å². The van der Waals surface area contributed by atoms with Gasteiger partial charge in [0.2, 0.25) is 0 Å². The summed E-state index contributed by atoms with van der Waals surface area (Å²) in [6.45, 7) is 3.11. The smallest absolute Gasteiger partial charge is 0.159 e. The summed E-state index contributed by atoms with van der Waals surface area (Å²) in [5.41, 5.74) is 8.35. The quantitative estimate of drug-likeness (QED) is 0.304. The SMILES string of the molecule is CC(=O)c1cccc(-c2cc(-c3cccc(-c4cc(-c5cccc(C(C)=O)c5)n[nH]4)c3)[nH]n2)c1. The first-order chi connectivity index (χ1) is 16.5. The van der Waals surface area contributed by atoms with Gasteiger partial charge in [0.1, 0.15) is 0 Å². The van der Waals surface area contributed by atoms with E-state index in [1.807, 2.05) is 66.7 Å². The number of Topliss-reactive ketones (excluding diaryl/α,β-unsaturated/α-hetero) is 2. The molecule has 0 saturated heterocycles. The number of rotatable bonds is 6. The summed E-state index contributed by atoms with van der Waals surface area (Å²) in [7, 11) is 0. The molecule has 0 amide bonds. The highest BCUT2D eigenvalue weighted by molar-refractivity contribution is 5.95. The van der Waals surface area contributed by atoms with E-state index in [2.05, 4.69) is 26.5 Å². The van der Waals surface area contributed by atoms with Gasteiger partial charge < -0.3 is 0 Å². The molecule has 5 aromatic rings. The van der Waals surface area contributed by atoms with E-state index in [1.165, 1.54) is 0 Å². The maximum absolute atomic E-state index is 11.7. The van der Waals surface area contributed by atoms with Crippen LogP contribution in [-0.2, 0) is 0 Å². The third-order valence-electron chi connectivity index (χ3n) is 5.77. The fourth-order valence-corrected chi connectivity index (χ4v) is 3.88. The summed E-state index contributed by atoms with van der Waals surface area (Å²) >= 11 is 0. The van der Waals surface area contributed by atoms with Crippen LogP contribution in [0.15, 0.2) is 84.9 Å². The number of H-pyrrole nitrogens is 2. The second kappa shape index (κ2) is 8.75. The zero-order valence-corrected chi connectivity index (χ0v) is 18.8. The predicted octanol–water partition coefficient (Wildman–Crippen LogP) is 6.21. The lowest BCUT2D eigenvalue weighted by atomic mass is 10.0. The number of hydrogen-bond donors (Lipinski definition) is 2. The average Bonchev–Trinajstić information content (AvgIpc) is 3.55. The Kier molecular flexibility index (Phi) is 5.47. The molecule has 3 aromatic carbocycles. The van der Waals surface area contributed by atoms with Crippen LogP contribution in [0, 0.1) is 0 Å². The zero-order chi connectivity index (χ0) is 23.7. The molecule has 0 fully saturated rings. The molecule has 6 heteroatoms. The Balaban J connectivity index is 1.43. The monoisotopic (exact) mass is 446 g/mol. The number of carbonyl (C=O) groups excluding carboxylic acids is 2. The molecule has 0 atom stereocenters. The van der Waals surface area contributed by atoms with Crippen molar-refractivity contribution in [3.05, 3.63) is 96.1 Å². The Morgan fingerprint density at radius 2 is 0.971 bits per heavy atom. The summed E-state index contributed by atoms with van der Waals surface area (Å²) in [6, 6.07) is 26.9. The Morgan fingerprint density at radius 1 is 0.559 bits per heavy atom. The molecule has 2 aromatic heterocycles. The van der Waals surface area contributed by atoms with Crippen molar-refractivity contribution in [1.82, 2.24) is 20.4 Å². The molecule has 0 aliphatic heterocycles. The van der Waals surface area contributed by atoms with Crippen molar-refractivity contribution in [3.8, 4) is 45.0 Å². The summed E-state index contributed by atoms with van der Waals surface area (Å²) in [6.07, 6.45) is 0. The molecule has 34 heavy (non-hydrogen) atoms. The van der Waals surface area contributed by atoms with E-state index in [1.54, 1.807) is 26.0 Å². The van der Waals surface area contributed by atoms with Gasteiger partial charge in [0.05, 0.1) is 22.8 Å². The topological polar surface area (TPSA) is 91.5 Å². The predicted molar refractivity (Wildman–Crippen MR) is 132 cm³/mol. The van der Waals surface area contributed by atoms with E-state index in [4.69, 9.17) is 0 Å². The molecule has 5 rings (SSSR count). The van der Waals surface area contributed by atoms with Crippen molar-refractivity contribution in [3.63, 3.8) is 0 Å². The number of benzene rings is 3. The van der Waals surface area contributed by atoms with Crippen LogP contribution in [0.5, 0.6) is 0 Å². The summed E-state index contributed by atoms with van der Waals surface area (Å²) < 4.78 is 0. The van der Waals surface area contributed by atoms with Crippen LogP contribution >= 0.6 is 0 Å². The van der Waals surface area contributed by atoms with Crippen molar-refractivity contribution >= 4 is 11.6 Å². The number of carbonyl (C=O) groups is 2. The minimum absolute atomic E-state index is 0.0252. The van der Waals surface area contributed by atoms with Gasteiger partial charge in [0, 0.05) is 33.4 Å². The van der Waals surface area contributed by atoms with Crippen LogP contribution in [0.3, 0.4) is 0 Å². The molecule has 0 aliphatic carbocycles. The lowest BCUT2D eigenvalue weighted by Crippen LogP contribution is -1.91. The van der Waals surface area contributed by atoms with E-state index in [-0.39, 0.29) is 11.6 Å². The van der Waals surface area contributed by atoms with Gasteiger partial charge in [0.25, 0.3) is 0 Å². The molecule has 0 unspecified atom stereocenters. The lowest BCUT2D eigenvalue weighted by Gasteiger charge is -2.02. The second-order valence-electron chi connectivity index (χ2n) is 8.19. The third-order valence-corrected chi connectivity index (χ3v) is 5.77. The Hall–Kier alpha value is -4.58. The first kappa shape index (κ1) is 21.3. The number of ketones is 2. The van der Waals surface area contributed by atoms with Crippen LogP contribution in [0.4, 0.5) is 0 Å². The molecule has 166 valence electrons. The van der Waals surface area contributed by atoms with Gasteiger partial charge in [-0.25, -0.2) is 0 Å². The van der Waals surface area contributed by atoms with Gasteiger partial charge >= 0.3 is 0 Å². The summed E-state index contributed by atoms with van der Waals surface area (Å²) in [5, 5.41) is 15.1. The van der Waals surface area contributed by atoms with Gasteiger partial charge in [0.15, 0.2) is 11.6 Å². The third kappa shape index (κ3) is 4.21. The maximum Gasteiger partial charge on any atom is 0.159 e. The minimum atomic E-state index is 0.0252. The molecule has 6 nitrogen and oxygen atoms in total. The first-order valence-corrected chi connectivity index (χ1v) is 10.9. The Morgan fingerprint density at radius 3 is 1.41 bits per heavy atom. The summed E-state index contributed by atoms with van der Waals surface area (Å²) in [4.78, 5) is 23.4. The fraction of sp³-hybridized carbons (Fsp3) is 0.0714. The number of nitrogens with zero attached hydrogens (tertiary/aromatic N) is 2. The number of hydrogen-bond acceptors (Lipinski definition) is 4. The van der Waals surface area contributed by atoms with Crippen LogP contribution in [0.25, 0.3) is 45.0 Å². The summed E-state index contributed by atoms with van der Waals surface area (Å²) in [5.74, 6) is 0.0505. The molecule has 0 saturated carbocycles. The Labute approximate surface area is 196 Å². The van der Waals surface area contributed by atoms with Crippen molar-refractivity contribution in [2.24, 2.45) is 0 Å². The molecule has 0 aliphatic rings. The molecular weight excluding hydrogens is 424 g/mol. The molecule has 0 radical (unpaired) electrons. The van der Waals surface area contributed by atoms with E-state index >= 15 is 0 Å². The number of aromatic amines is 2. The maximum atomic E-state index is 11.7. The van der Waals surface area contributed by atoms with Crippen LogP contribution in [-0.4, -0.2) is 32.0 Å². The van der Waals surface area contributed by atoms with E-state index < -0.39 is 0 Å². The average molecular weight is 447 g/mol. The highest BCUT2D eigenvalue weighted by Crippen LogP contribution is 2.29. The largest absolute Gasteiger partial charge is 0.295 e. The Bertz CT molecular complexity index is 1420.